The van der Waals surface area contributed by atoms with Crippen LogP contribution >= 0.6 is 0 Å². The molecular weight excluding hydrogens is 256 g/mol. The lowest BCUT2D eigenvalue weighted by atomic mass is 9.83. The highest BCUT2D eigenvalue weighted by Gasteiger charge is 2.20. The fourth-order valence-electron chi connectivity index (χ4n) is 1.92. The minimum atomic E-state index is -3.60. The Bertz CT molecular complexity index is 531. The smallest absolute Gasteiger partial charge is 0.352 e. The number of H-pyrrole nitrogens is 1. The summed E-state index contributed by atoms with van der Waals surface area (Å²) in [6.07, 6.45) is 5.62. The molecule has 0 unspecified atom stereocenters. The number of hydrogen-bond donors (Lipinski definition) is 3. The lowest BCUT2D eigenvalue weighted by Crippen LogP contribution is -2.27. The van der Waals surface area contributed by atoms with Gasteiger partial charge in [-0.25, -0.2) is 17.9 Å². The zero-order valence-electron chi connectivity index (χ0n) is 9.85. The summed E-state index contributed by atoms with van der Waals surface area (Å²) in [5.74, 6) is -0.542. The van der Waals surface area contributed by atoms with E-state index in [1.807, 2.05) is 0 Å². The SMILES string of the molecule is O=C(O)c1cc(S(=O)(=O)NCCC2CCC2)c[nH]1. The van der Waals surface area contributed by atoms with Crippen LogP contribution in [-0.2, 0) is 10.0 Å². The summed E-state index contributed by atoms with van der Waals surface area (Å²) in [6, 6.07) is 1.12. The first-order chi connectivity index (χ1) is 8.49. The van der Waals surface area contributed by atoms with Gasteiger partial charge in [0.1, 0.15) is 10.6 Å². The quantitative estimate of drug-likeness (QED) is 0.724. The molecule has 0 saturated heterocycles. The maximum atomic E-state index is 11.8. The molecule has 6 nitrogen and oxygen atoms in total. The first-order valence-electron chi connectivity index (χ1n) is 5.90. The highest BCUT2D eigenvalue weighted by molar-refractivity contribution is 7.89. The van der Waals surface area contributed by atoms with E-state index in [1.54, 1.807) is 0 Å². The second-order valence-electron chi connectivity index (χ2n) is 4.54. The van der Waals surface area contributed by atoms with Gasteiger partial charge in [0, 0.05) is 12.7 Å². The molecule has 1 aliphatic rings. The number of carbonyl (C=O) groups is 1. The van der Waals surface area contributed by atoms with E-state index in [-0.39, 0.29) is 10.6 Å². The summed E-state index contributed by atoms with van der Waals surface area (Å²) >= 11 is 0. The molecule has 7 heteroatoms. The third-order valence-corrected chi connectivity index (χ3v) is 4.71. The van der Waals surface area contributed by atoms with Crippen molar-refractivity contribution in [1.82, 2.24) is 9.71 Å². The van der Waals surface area contributed by atoms with Crippen molar-refractivity contribution < 1.29 is 18.3 Å². The molecule has 0 amide bonds. The fourth-order valence-corrected chi connectivity index (χ4v) is 2.96. The van der Waals surface area contributed by atoms with E-state index in [0.29, 0.717) is 12.5 Å². The summed E-state index contributed by atoms with van der Waals surface area (Å²) < 4.78 is 26.1. The Morgan fingerprint density at radius 1 is 1.50 bits per heavy atom. The predicted octanol–water partition coefficient (Wildman–Crippen LogP) is 1.18. The first-order valence-corrected chi connectivity index (χ1v) is 7.39. The molecule has 1 aromatic heterocycles. The van der Waals surface area contributed by atoms with Crippen LogP contribution in [0.3, 0.4) is 0 Å². The fraction of sp³-hybridized carbons (Fsp3) is 0.545. The van der Waals surface area contributed by atoms with Gasteiger partial charge in [-0.2, -0.15) is 0 Å². The lowest BCUT2D eigenvalue weighted by Gasteiger charge is -2.24. The second-order valence-corrected chi connectivity index (χ2v) is 6.30. The Hall–Kier alpha value is -1.34. The lowest BCUT2D eigenvalue weighted by molar-refractivity contribution is 0.0691. The molecule has 0 aromatic carbocycles. The van der Waals surface area contributed by atoms with Crippen molar-refractivity contribution in [3.63, 3.8) is 0 Å². The van der Waals surface area contributed by atoms with Crippen molar-refractivity contribution in [3.8, 4) is 0 Å². The van der Waals surface area contributed by atoms with E-state index >= 15 is 0 Å². The zero-order valence-corrected chi connectivity index (χ0v) is 10.7. The number of carboxylic acid groups (broad SMARTS) is 1. The van der Waals surface area contributed by atoms with Gasteiger partial charge in [-0.3, -0.25) is 0 Å². The van der Waals surface area contributed by atoms with Crippen molar-refractivity contribution in [1.29, 1.82) is 0 Å². The van der Waals surface area contributed by atoms with Gasteiger partial charge in [-0.15, -0.1) is 0 Å². The van der Waals surface area contributed by atoms with Gasteiger partial charge in [0.2, 0.25) is 10.0 Å². The molecule has 1 aromatic rings. The van der Waals surface area contributed by atoms with Crippen molar-refractivity contribution in [3.05, 3.63) is 18.0 Å². The van der Waals surface area contributed by atoms with Crippen LogP contribution in [0, 0.1) is 5.92 Å². The van der Waals surface area contributed by atoms with Gasteiger partial charge in [0.05, 0.1) is 0 Å². The van der Waals surface area contributed by atoms with Crippen molar-refractivity contribution in [2.75, 3.05) is 6.54 Å². The van der Waals surface area contributed by atoms with E-state index in [9.17, 15) is 13.2 Å². The van der Waals surface area contributed by atoms with Crippen LogP contribution in [0.5, 0.6) is 0 Å². The molecule has 2 rings (SSSR count). The Balaban J connectivity index is 1.93. The maximum Gasteiger partial charge on any atom is 0.352 e. The van der Waals surface area contributed by atoms with Crippen molar-refractivity contribution in [2.24, 2.45) is 5.92 Å². The van der Waals surface area contributed by atoms with Gasteiger partial charge < -0.3 is 10.1 Å². The number of aromatic nitrogens is 1. The van der Waals surface area contributed by atoms with Crippen LogP contribution in [0.1, 0.15) is 36.2 Å². The van der Waals surface area contributed by atoms with E-state index in [4.69, 9.17) is 5.11 Å². The Morgan fingerprint density at radius 2 is 2.22 bits per heavy atom. The maximum absolute atomic E-state index is 11.8. The van der Waals surface area contributed by atoms with E-state index in [2.05, 4.69) is 9.71 Å². The highest BCUT2D eigenvalue weighted by atomic mass is 32.2. The summed E-state index contributed by atoms with van der Waals surface area (Å²) in [4.78, 5) is 13.0. The average Bonchev–Trinajstić information content (AvgIpc) is 2.71. The molecule has 3 N–H and O–H groups in total. The van der Waals surface area contributed by atoms with Crippen LogP contribution in [0.4, 0.5) is 0 Å². The molecule has 100 valence electrons. The molecule has 1 saturated carbocycles. The van der Waals surface area contributed by atoms with Crippen LogP contribution in [-0.4, -0.2) is 31.0 Å². The Kier molecular flexibility index (Phi) is 3.72. The Morgan fingerprint density at radius 3 is 2.72 bits per heavy atom. The van der Waals surface area contributed by atoms with Crippen molar-refractivity contribution >= 4 is 16.0 Å². The minimum absolute atomic E-state index is 0.0338. The van der Waals surface area contributed by atoms with Gasteiger partial charge in [-0.1, -0.05) is 19.3 Å². The summed E-state index contributed by atoms with van der Waals surface area (Å²) in [7, 11) is -3.60. The predicted molar refractivity (Wildman–Crippen MR) is 64.9 cm³/mol. The molecule has 1 aliphatic carbocycles. The second kappa shape index (κ2) is 5.11. The van der Waals surface area contributed by atoms with Crippen LogP contribution < -0.4 is 4.72 Å². The molecule has 1 heterocycles. The number of nitrogens with one attached hydrogen (secondary N) is 2. The van der Waals surface area contributed by atoms with E-state index < -0.39 is 16.0 Å². The number of hydrogen-bond acceptors (Lipinski definition) is 3. The van der Waals surface area contributed by atoms with Gasteiger partial charge in [0.15, 0.2) is 0 Å². The zero-order chi connectivity index (χ0) is 13.2. The number of carboxylic acids is 1. The van der Waals surface area contributed by atoms with Crippen LogP contribution in [0.25, 0.3) is 0 Å². The minimum Gasteiger partial charge on any atom is -0.477 e. The van der Waals surface area contributed by atoms with Gasteiger partial charge >= 0.3 is 5.97 Å². The number of aromatic carboxylic acids is 1. The summed E-state index contributed by atoms with van der Waals surface area (Å²) in [5.41, 5.74) is -0.130. The summed E-state index contributed by atoms with van der Waals surface area (Å²) in [6.45, 7) is 0.403. The normalized spacial score (nSPS) is 16.4. The first kappa shape index (κ1) is 13.1. The Labute approximate surface area is 105 Å². The molecule has 1 fully saturated rings. The molecule has 0 radical (unpaired) electrons. The molecular formula is C11H16N2O4S. The molecule has 0 atom stereocenters. The monoisotopic (exact) mass is 272 g/mol. The molecule has 0 aliphatic heterocycles. The van der Waals surface area contributed by atoms with Crippen LogP contribution in [0.15, 0.2) is 17.2 Å². The molecule has 0 spiro atoms. The topological polar surface area (TPSA) is 99.3 Å². The van der Waals surface area contributed by atoms with Crippen LogP contribution in [0.2, 0.25) is 0 Å². The number of aromatic amines is 1. The molecule has 18 heavy (non-hydrogen) atoms. The summed E-state index contributed by atoms with van der Waals surface area (Å²) in [5, 5.41) is 8.71. The number of sulfonamides is 1. The highest BCUT2D eigenvalue weighted by Crippen LogP contribution is 2.28. The number of rotatable bonds is 6. The van der Waals surface area contributed by atoms with Gasteiger partial charge in [0.25, 0.3) is 0 Å². The van der Waals surface area contributed by atoms with Crippen molar-refractivity contribution in [2.45, 2.75) is 30.6 Å². The third-order valence-electron chi connectivity index (χ3n) is 3.27. The standard InChI is InChI=1S/C11H16N2O4S/c14-11(15)10-6-9(7-12-10)18(16,17)13-5-4-8-2-1-3-8/h6-8,12-13H,1-5H2,(H,14,15). The van der Waals surface area contributed by atoms with Gasteiger partial charge in [-0.05, 0) is 18.4 Å². The van der Waals surface area contributed by atoms with E-state index in [1.165, 1.54) is 25.5 Å². The molecule has 0 bridgehead atoms. The largest absolute Gasteiger partial charge is 0.477 e. The van der Waals surface area contributed by atoms with E-state index in [0.717, 1.165) is 12.5 Å². The average molecular weight is 272 g/mol. The third kappa shape index (κ3) is 2.91.